The number of para-hydroxylation sites is 1. The molecule has 3 aromatic heterocycles. The fourth-order valence-corrected chi connectivity index (χ4v) is 4.36. The highest BCUT2D eigenvalue weighted by molar-refractivity contribution is 7.98. The van der Waals surface area contributed by atoms with Gasteiger partial charge in [0.2, 0.25) is 5.91 Å². The van der Waals surface area contributed by atoms with Crippen LogP contribution in [-0.2, 0) is 17.0 Å². The first kappa shape index (κ1) is 21.1. The van der Waals surface area contributed by atoms with Crippen molar-refractivity contribution in [2.24, 2.45) is 0 Å². The lowest BCUT2D eigenvalue weighted by Crippen LogP contribution is -2.34. The van der Waals surface area contributed by atoms with Gasteiger partial charge < -0.3 is 14.3 Å². The standard InChI is InChI=1S/C24H26N4O2S/c1-19(16-22-10-7-14-30-22)26-23(29)11-15-31-18-20-17-25-28(21-8-3-2-4-9-21)24(20)27-12-5-6-13-27/h2-10,12-14,17,19H,11,15-16,18H2,1H3,(H,26,29). The molecule has 0 bridgehead atoms. The van der Waals surface area contributed by atoms with Crippen molar-refractivity contribution in [3.8, 4) is 11.5 Å². The molecule has 0 aliphatic heterocycles. The van der Waals surface area contributed by atoms with E-state index < -0.39 is 0 Å². The topological polar surface area (TPSA) is 65.0 Å². The first-order valence-electron chi connectivity index (χ1n) is 10.4. The number of benzene rings is 1. The van der Waals surface area contributed by atoms with Crippen LogP contribution in [0.1, 0.15) is 24.7 Å². The predicted octanol–water partition coefficient (Wildman–Crippen LogP) is 4.63. The fraction of sp³-hybridized carbons (Fsp3) is 0.250. The quantitative estimate of drug-likeness (QED) is 0.370. The Morgan fingerprint density at radius 2 is 1.94 bits per heavy atom. The maximum atomic E-state index is 12.3. The molecule has 31 heavy (non-hydrogen) atoms. The van der Waals surface area contributed by atoms with Crippen molar-refractivity contribution in [3.63, 3.8) is 0 Å². The zero-order valence-electron chi connectivity index (χ0n) is 17.5. The summed E-state index contributed by atoms with van der Waals surface area (Å²) in [5.41, 5.74) is 2.16. The Bertz CT molecular complexity index is 1070. The number of nitrogens with one attached hydrogen (secondary N) is 1. The average Bonchev–Trinajstić information content (AvgIpc) is 3.53. The molecule has 6 nitrogen and oxygen atoms in total. The lowest BCUT2D eigenvalue weighted by atomic mass is 10.2. The molecule has 1 unspecified atom stereocenters. The number of nitrogens with zero attached hydrogens (tertiary/aromatic N) is 3. The molecule has 1 atom stereocenters. The molecule has 160 valence electrons. The van der Waals surface area contributed by atoms with Crippen LogP contribution in [0.2, 0.25) is 0 Å². The van der Waals surface area contributed by atoms with Crippen LogP contribution < -0.4 is 5.32 Å². The van der Waals surface area contributed by atoms with Crippen LogP contribution in [0.15, 0.2) is 83.9 Å². The van der Waals surface area contributed by atoms with Gasteiger partial charge in [0.1, 0.15) is 11.6 Å². The largest absolute Gasteiger partial charge is 0.469 e. The fourth-order valence-electron chi connectivity index (χ4n) is 3.46. The van der Waals surface area contributed by atoms with Crippen molar-refractivity contribution in [3.05, 3.63) is 90.8 Å². The van der Waals surface area contributed by atoms with Gasteiger partial charge in [-0.25, -0.2) is 4.68 Å². The second-order valence-electron chi connectivity index (χ2n) is 7.39. The third-order valence-corrected chi connectivity index (χ3v) is 5.90. The second kappa shape index (κ2) is 10.2. The number of thioether (sulfide) groups is 1. The van der Waals surface area contributed by atoms with E-state index in [0.29, 0.717) is 12.8 Å². The number of aromatic nitrogens is 3. The molecule has 4 aromatic rings. The van der Waals surface area contributed by atoms with E-state index >= 15 is 0 Å². The van der Waals surface area contributed by atoms with E-state index in [9.17, 15) is 4.79 Å². The van der Waals surface area contributed by atoms with Crippen molar-refractivity contribution in [2.45, 2.75) is 31.6 Å². The van der Waals surface area contributed by atoms with Crippen molar-refractivity contribution < 1.29 is 9.21 Å². The number of hydrogen-bond acceptors (Lipinski definition) is 4. The van der Waals surface area contributed by atoms with Crippen molar-refractivity contribution >= 4 is 17.7 Å². The normalized spacial score (nSPS) is 12.0. The average molecular weight is 435 g/mol. The zero-order valence-corrected chi connectivity index (χ0v) is 18.3. The minimum atomic E-state index is 0.0492. The summed E-state index contributed by atoms with van der Waals surface area (Å²) < 4.78 is 9.38. The first-order chi connectivity index (χ1) is 15.2. The number of hydrogen-bond donors (Lipinski definition) is 1. The predicted molar refractivity (Wildman–Crippen MR) is 124 cm³/mol. The van der Waals surface area contributed by atoms with E-state index in [0.717, 1.165) is 34.3 Å². The summed E-state index contributed by atoms with van der Waals surface area (Å²) in [5.74, 6) is 3.52. The molecular formula is C24H26N4O2S. The van der Waals surface area contributed by atoms with Gasteiger partial charge in [-0.15, -0.1) is 0 Å². The van der Waals surface area contributed by atoms with Crippen LogP contribution in [0.5, 0.6) is 0 Å². The summed E-state index contributed by atoms with van der Waals surface area (Å²) in [6, 6.07) is 18.0. The number of carbonyl (C=O) groups excluding carboxylic acids is 1. The molecule has 0 saturated carbocycles. The van der Waals surface area contributed by atoms with Gasteiger partial charge in [0.25, 0.3) is 0 Å². The molecule has 0 aliphatic rings. The van der Waals surface area contributed by atoms with E-state index in [1.54, 1.807) is 18.0 Å². The Kier molecular flexibility index (Phi) is 6.94. The van der Waals surface area contributed by atoms with Gasteiger partial charge in [0, 0.05) is 48.3 Å². The smallest absolute Gasteiger partial charge is 0.221 e. The van der Waals surface area contributed by atoms with E-state index in [-0.39, 0.29) is 11.9 Å². The molecule has 3 heterocycles. The van der Waals surface area contributed by atoms with Crippen LogP contribution >= 0.6 is 11.8 Å². The molecule has 0 saturated heterocycles. The van der Waals surface area contributed by atoms with E-state index in [1.807, 2.05) is 84.8 Å². The molecule has 1 N–H and O–H groups in total. The van der Waals surface area contributed by atoms with Gasteiger partial charge in [0.15, 0.2) is 0 Å². The van der Waals surface area contributed by atoms with Crippen LogP contribution in [-0.4, -0.2) is 32.0 Å². The molecule has 1 amide bonds. The van der Waals surface area contributed by atoms with Gasteiger partial charge in [-0.05, 0) is 43.3 Å². The van der Waals surface area contributed by atoms with Crippen molar-refractivity contribution in [1.82, 2.24) is 19.7 Å². The lowest BCUT2D eigenvalue weighted by Gasteiger charge is -2.13. The second-order valence-corrected chi connectivity index (χ2v) is 8.49. The van der Waals surface area contributed by atoms with Gasteiger partial charge in [0.05, 0.1) is 18.1 Å². The molecule has 0 aliphatic carbocycles. The summed E-state index contributed by atoms with van der Waals surface area (Å²) in [6.07, 6.45) is 8.81. The molecule has 0 fully saturated rings. The Morgan fingerprint density at radius 3 is 2.68 bits per heavy atom. The summed E-state index contributed by atoms with van der Waals surface area (Å²) in [6.45, 7) is 1.99. The minimum Gasteiger partial charge on any atom is -0.469 e. The summed E-state index contributed by atoms with van der Waals surface area (Å²) in [7, 11) is 0. The SMILES string of the molecule is CC(Cc1ccco1)NC(=O)CCSCc1cnn(-c2ccccc2)c1-n1cccc1. The molecule has 0 spiro atoms. The third-order valence-electron chi connectivity index (χ3n) is 4.89. The number of carbonyl (C=O) groups is 1. The third kappa shape index (κ3) is 5.49. The van der Waals surface area contributed by atoms with Crippen LogP contribution in [0.3, 0.4) is 0 Å². The van der Waals surface area contributed by atoms with Gasteiger partial charge in [-0.3, -0.25) is 4.79 Å². The maximum absolute atomic E-state index is 12.3. The lowest BCUT2D eigenvalue weighted by molar-refractivity contribution is -0.121. The van der Waals surface area contributed by atoms with Crippen LogP contribution in [0.25, 0.3) is 11.5 Å². The summed E-state index contributed by atoms with van der Waals surface area (Å²) in [5, 5.41) is 7.67. The van der Waals surface area contributed by atoms with Crippen LogP contribution in [0, 0.1) is 0 Å². The van der Waals surface area contributed by atoms with E-state index in [4.69, 9.17) is 4.42 Å². The van der Waals surface area contributed by atoms with E-state index in [1.165, 1.54) is 0 Å². The summed E-state index contributed by atoms with van der Waals surface area (Å²) in [4.78, 5) is 12.3. The molecule has 7 heteroatoms. The first-order valence-corrected chi connectivity index (χ1v) is 11.5. The minimum absolute atomic E-state index is 0.0492. The molecule has 4 rings (SSSR count). The Hall–Kier alpha value is -3.19. The number of amides is 1. The Labute approximate surface area is 186 Å². The Balaban J connectivity index is 1.33. The van der Waals surface area contributed by atoms with Gasteiger partial charge in [-0.1, -0.05) is 18.2 Å². The van der Waals surface area contributed by atoms with Gasteiger partial charge >= 0.3 is 0 Å². The Morgan fingerprint density at radius 1 is 1.13 bits per heavy atom. The van der Waals surface area contributed by atoms with Crippen molar-refractivity contribution in [1.29, 1.82) is 0 Å². The number of furan rings is 1. The highest BCUT2D eigenvalue weighted by atomic mass is 32.2. The van der Waals surface area contributed by atoms with Gasteiger partial charge in [-0.2, -0.15) is 16.9 Å². The highest BCUT2D eigenvalue weighted by Crippen LogP contribution is 2.24. The highest BCUT2D eigenvalue weighted by Gasteiger charge is 2.14. The molecular weight excluding hydrogens is 408 g/mol. The summed E-state index contributed by atoms with van der Waals surface area (Å²) >= 11 is 1.74. The van der Waals surface area contributed by atoms with Crippen molar-refractivity contribution in [2.75, 3.05) is 5.75 Å². The monoisotopic (exact) mass is 434 g/mol. The zero-order chi connectivity index (χ0) is 21.5. The van der Waals surface area contributed by atoms with Crippen LogP contribution in [0.4, 0.5) is 0 Å². The van der Waals surface area contributed by atoms with E-state index in [2.05, 4.69) is 15.0 Å². The molecule has 0 radical (unpaired) electrons. The molecule has 1 aromatic carbocycles. The number of rotatable bonds is 10. The maximum Gasteiger partial charge on any atom is 0.221 e.